The van der Waals surface area contributed by atoms with Gasteiger partial charge >= 0.3 is 0 Å². The van der Waals surface area contributed by atoms with Gasteiger partial charge in [-0.2, -0.15) is 0 Å². The zero-order valence-electron chi connectivity index (χ0n) is 7.97. The lowest BCUT2D eigenvalue weighted by Gasteiger charge is -1.99. The summed E-state index contributed by atoms with van der Waals surface area (Å²) in [5, 5.41) is 2.96. The van der Waals surface area contributed by atoms with E-state index < -0.39 is 0 Å². The Hall–Kier alpha value is -1.22. The average Bonchev–Trinajstić information content (AvgIpc) is 2.62. The van der Waals surface area contributed by atoms with E-state index in [4.69, 9.17) is 16.0 Å². The second-order valence-electron chi connectivity index (χ2n) is 2.82. The highest BCUT2D eigenvalue weighted by Gasteiger charge is 2.09. The molecule has 0 saturated heterocycles. The number of aryl methyl sites for hydroxylation is 1. The van der Waals surface area contributed by atoms with Gasteiger partial charge in [0.2, 0.25) is 0 Å². The predicted molar refractivity (Wildman–Crippen MR) is 55.4 cm³/mol. The molecular formula is C10H12ClNO2. The molecule has 76 valence electrons. The molecule has 0 aromatic carbocycles. The van der Waals surface area contributed by atoms with Crippen LogP contribution in [0.25, 0.3) is 0 Å². The molecule has 4 heteroatoms. The van der Waals surface area contributed by atoms with Gasteiger partial charge in [-0.25, -0.2) is 0 Å². The fourth-order valence-electron chi connectivity index (χ4n) is 0.953. The summed E-state index contributed by atoms with van der Waals surface area (Å²) in [7, 11) is 0. The Morgan fingerprint density at radius 3 is 2.86 bits per heavy atom. The quantitative estimate of drug-likeness (QED) is 0.834. The van der Waals surface area contributed by atoms with E-state index in [1.54, 1.807) is 12.1 Å². The Balaban J connectivity index is 2.56. The van der Waals surface area contributed by atoms with Crippen molar-refractivity contribution >= 4 is 17.5 Å². The molecule has 0 fully saturated rings. The third kappa shape index (κ3) is 2.92. The topological polar surface area (TPSA) is 42.2 Å². The van der Waals surface area contributed by atoms with Gasteiger partial charge in [0.25, 0.3) is 5.91 Å². The van der Waals surface area contributed by atoms with Crippen molar-refractivity contribution in [1.29, 1.82) is 0 Å². The molecule has 0 spiro atoms. The van der Waals surface area contributed by atoms with Gasteiger partial charge in [-0.05, 0) is 12.1 Å². The van der Waals surface area contributed by atoms with Crippen LogP contribution in [0.1, 0.15) is 23.2 Å². The normalized spacial score (nSPS) is 9.86. The molecule has 1 N–H and O–H groups in total. The minimum Gasteiger partial charge on any atom is -0.456 e. The molecule has 1 heterocycles. The zero-order chi connectivity index (χ0) is 10.6. The van der Waals surface area contributed by atoms with Gasteiger partial charge in [-0.15, -0.1) is 0 Å². The summed E-state index contributed by atoms with van der Waals surface area (Å²) in [6.07, 6.45) is 0.773. The van der Waals surface area contributed by atoms with Crippen molar-refractivity contribution in [2.45, 2.75) is 13.3 Å². The number of amides is 1. The Morgan fingerprint density at radius 1 is 1.64 bits per heavy atom. The second-order valence-corrected chi connectivity index (χ2v) is 3.35. The molecule has 3 nitrogen and oxygen atoms in total. The van der Waals surface area contributed by atoms with Crippen LogP contribution in [0.15, 0.2) is 28.2 Å². The predicted octanol–water partition coefficient (Wildman–Crippen LogP) is 2.32. The highest BCUT2D eigenvalue weighted by Crippen LogP contribution is 2.08. The summed E-state index contributed by atoms with van der Waals surface area (Å²) in [5.41, 5.74) is 0. The van der Waals surface area contributed by atoms with Gasteiger partial charge in [0, 0.05) is 11.5 Å². The first-order valence-corrected chi connectivity index (χ1v) is 4.71. The SMILES string of the molecule is C=C(Cl)CNC(=O)c1ccc(CC)o1. The van der Waals surface area contributed by atoms with Crippen LogP contribution >= 0.6 is 11.6 Å². The van der Waals surface area contributed by atoms with Crippen molar-refractivity contribution in [2.75, 3.05) is 6.54 Å². The third-order valence-electron chi connectivity index (χ3n) is 1.67. The highest BCUT2D eigenvalue weighted by atomic mass is 35.5. The maximum atomic E-state index is 11.4. The van der Waals surface area contributed by atoms with Crippen LogP contribution < -0.4 is 5.32 Å². The number of rotatable bonds is 4. The molecule has 1 amide bonds. The van der Waals surface area contributed by atoms with Crippen LogP contribution in [-0.2, 0) is 6.42 Å². The lowest BCUT2D eigenvalue weighted by molar-refractivity contribution is 0.0928. The van der Waals surface area contributed by atoms with Crippen molar-refractivity contribution in [3.8, 4) is 0 Å². The molecule has 0 aliphatic rings. The van der Waals surface area contributed by atoms with Gasteiger partial charge in [0.05, 0.1) is 6.54 Å². The smallest absolute Gasteiger partial charge is 0.287 e. The minimum atomic E-state index is -0.272. The van der Waals surface area contributed by atoms with Gasteiger partial charge in [-0.3, -0.25) is 4.79 Å². The molecule has 14 heavy (non-hydrogen) atoms. The van der Waals surface area contributed by atoms with E-state index in [0.29, 0.717) is 10.8 Å². The minimum absolute atomic E-state index is 0.253. The monoisotopic (exact) mass is 213 g/mol. The Kier molecular flexibility index (Phi) is 3.77. The van der Waals surface area contributed by atoms with E-state index >= 15 is 0 Å². The van der Waals surface area contributed by atoms with E-state index in [1.165, 1.54) is 0 Å². The number of nitrogens with one attached hydrogen (secondary N) is 1. The molecule has 0 saturated carbocycles. The largest absolute Gasteiger partial charge is 0.456 e. The number of carbonyl (C=O) groups excluding carboxylic acids is 1. The molecule has 1 rings (SSSR count). The lowest BCUT2D eigenvalue weighted by atomic mass is 10.3. The van der Waals surface area contributed by atoms with E-state index in [0.717, 1.165) is 12.2 Å². The molecule has 0 aliphatic carbocycles. The number of furan rings is 1. The third-order valence-corrected chi connectivity index (χ3v) is 1.81. The number of hydrogen-bond acceptors (Lipinski definition) is 2. The first-order valence-electron chi connectivity index (χ1n) is 4.33. The van der Waals surface area contributed by atoms with E-state index in [-0.39, 0.29) is 12.5 Å². The maximum Gasteiger partial charge on any atom is 0.287 e. The fraction of sp³-hybridized carbons (Fsp3) is 0.300. The zero-order valence-corrected chi connectivity index (χ0v) is 8.73. The number of carbonyl (C=O) groups is 1. The molecule has 0 radical (unpaired) electrons. The Bertz CT molecular complexity index is 344. The maximum absolute atomic E-state index is 11.4. The summed E-state index contributed by atoms with van der Waals surface area (Å²) in [4.78, 5) is 11.4. The molecule has 0 aliphatic heterocycles. The van der Waals surface area contributed by atoms with Crippen LogP contribution in [0.4, 0.5) is 0 Å². The van der Waals surface area contributed by atoms with Crippen molar-refractivity contribution in [1.82, 2.24) is 5.32 Å². The van der Waals surface area contributed by atoms with Gasteiger partial charge in [0.1, 0.15) is 5.76 Å². The molecule has 0 unspecified atom stereocenters. The van der Waals surface area contributed by atoms with Crippen LogP contribution in [-0.4, -0.2) is 12.5 Å². The van der Waals surface area contributed by atoms with Crippen LogP contribution in [0, 0.1) is 0 Å². The summed E-state index contributed by atoms with van der Waals surface area (Å²) in [5.74, 6) is 0.825. The van der Waals surface area contributed by atoms with Crippen LogP contribution in [0.3, 0.4) is 0 Å². The second kappa shape index (κ2) is 4.86. The van der Waals surface area contributed by atoms with Crippen molar-refractivity contribution in [3.05, 3.63) is 35.3 Å². The van der Waals surface area contributed by atoms with Crippen LogP contribution in [0.2, 0.25) is 0 Å². The average molecular weight is 214 g/mol. The van der Waals surface area contributed by atoms with E-state index in [1.807, 2.05) is 6.92 Å². The summed E-state index contributed by atoms with van der Waals surface area (Å²) in [6.45, 7) is 5.67. The molecule has 1 aromatic heterocycles. The van der Waals surface area contributed by atoms with Crippen molar-refractivity contribution in [3.63, 3.8) is 0 Å². The molecule has 0 atom stereocenters. The number of hydrogen-bond donors (Lipinski definition) is 1. The summed E-state index contributed by atoms with van der Waals surface area (Å²) in [6, 6.07) is 3.43. The summed E-state index contributed by atoms with van der Waals surface area (Å²) >= 11 is 5.50. The Morgan fingerprint density at radius 2 is 2.36 bits per heavy atom. The van der Waals surface area contributed by atoms with Gasteiger partial charge < -0.3 is 9.73 Å². The van der Waals surface area contributed by atoms with Crippen LogP contribution in [0.5, 0.6) is 0 Å². The summed E-state index contributed by atoms with van der Waals surface area (Å²) < 4.78 is 5.24. The standard InChI is InChI=1S/C10H12ClNO2/c1-3-8-4-5-9(14-8)10(13)12-6-7(2)11/h4-5H,2-3,6H2,1H3,(H,12,13). The Labute approximate surface area is 87.7 Å². The first-order chi connectivity index (χ1) is 6.63. The number of halogens is 1. The van der Waals surface area contributed by atoms with E-state index in [2.05, 4.69) is 11.9 Å². The van der Waals surface area contributed by atoms with Crippen molar-refractivity contribution < 1.29 is 9.21 Å². The lowest BCUT2D eigenvalue weighted by Crippen LogP contribution is -2.23. The fourth-order valence-corrected chi connectivity index (χ4v) is 1.02. The van der Waals surface area contributed by atoms with Gasteiger partial charge in [0.15, 0.2) is 5.76 Å². The van der Waals surface area contributed by atoms with Crippen molar-refractivity contribution in [2.24, 2.45) is 0 Å². The molecular weight excluding hydrogens is 202 g/mol. The highest BCUT2D eigenvalue weighted by molar-refractivity contribution is 6.29. The first kappa shape index (κ1) is 10.9. The molecule has 1 aromatic rings. The van der Waals surface area contributed by atoms with E-state index in [9.17, 15) is 4.79 Å². The molecule has 0 bridgehead atoms. The van der Waals surface area contributed by atoms with Gasteiger partial charge in [-0.1, -0.05) is 25.1 Å².